The first kappa shape index (κ1) is 12.7. The molecule has 0 aliphatic rings. The summed E-state index contributed by atoms with van der Waals surface area (Å²) in [6.45, 7) is 0. The predicted molar refractivity (Wildman–Crippen MR) is 95.7 cm³/mol. The minimum Gasteiger partial charge on any atom is -0.264 e. The van der Waals surface area contributed by atoms with Crippen LogP contribution in [0.15, 0.2) is 67.3 Å². The van der Waals surface area contributed by atoms with E-state index in [1.54, 1.807) is 17.5 Å². The molecule has 0 aliphatic carbocycles. The number of benzene rings is 1. The van der Waals surface area contributed by atoms with Gasteiger partial charge in [0.2, 0.25) is 0 Å². The smallest absolute Gasteiger partial charge is 0.0986 e. The zero-order valence-electron chi connectivity index (χ0n) is 12.1. The maximum Gasteiger partial charge on any atom is 0.0986 e. The molecule has 1 aromatic carbocycles. The van der Waals surface area contributed by atoms with Crippen molar-refractivity contribution in [3.8, 4) is 11.4 Å². The molecule has 0 fully saturated rings. The molecule has 4 heteroatoms. The minimum absolute atomic E-state index is 0.893. The molecule has 4 heterocycles. The Morgan fingerprint density at radius 2 is 1.52 bits per heavy atom. The van der Waals surface area contributed by atoms with Crippen LogP contribution in [0, 0.1) is 0 Å². The number of hydrogen-bond donors (Lipinski definition) is 0. The molecule has 0 saturated heterocycles. The standard InChI is InChI=1S/C19H11N3S/c1-2-4-15-13(3-1)17-16(23-15)7-10-22-19(17)18-14-11-20-8-5-12(14)6-9-21-18/h1-11H. The average Bonchev–Trinajstić information content (AvgIpc) is 3.00. The van der Waals surface area contributed by atoms with Crippen molar-refractivity contribution in [3.63, 3.8) is 0 Å². The Morgan fingerprint density at radius 1 is 0.696 bits per heavy atom. The van der Waals surface area contributed by atoms with Crippen LogP contribution in [0.3, 0.4) is 0 Å². The van der Waals surface area contributed by atoms with Gasteiger partial charge >= 0.3 is 0 Å². The molecular weight excluding hydrogens is 302 g/mol. The molecule has 108 valence electrons. The van der Waals surface area contributed by atoms with Crippen LogP contribution in [-0.4, -0.2) is 15.0 Å². The van der Waals surface area contributed by atoms with E-state index in [4.69, 9.17) is 0 Å². The predicted octanol–water partition coefficient (Wildman–Crippen LogP) is 5.06. The first-order valence-corrected chi connectivity index (χ1v) is 8.19. The molecule has 3 nitrogen and oxygen atoms in total. The maximum atomic E-state index is 4.67. The van der Waals surface area contributed by atoms with Crippen molar-refractivity contribution in [3.05, 3.63) is 67.3 Å². The van der Waals surface area contributed by atoms with Gasteiger partial charge in [0.05, 0.1) is 11.4 Å². The zero-order valence-corrected chi connectivity index (χ0v) is 12.9. The summed E-state index contributed by atoms with van der Waals surface area (Å²) in [5, 5.41) is 4.57. The van der Waals surface area contributed by atoms with E-state index in [0.29, 0.717) is 0 Å². The van der Waals surface area contributed by atoms with Gasteiger partial charge in [-0.3, -0.25) is 15.0 Å². The highest BCUT2D eigenvalue weighted by Gasteiger charge is 2.14. The molecule has 0 bridgehead atoms. The van der Waals surface area contributed by atoms with Gasteiger partial charge in [0, 0.05) is 50.3 Å². The summed E-state index contributed by atoms with van der Waals surface area (Å²) in [6, 6.07) is 14.5. The highest BCUT2D eigenvalue weighted by atomic mass is 32.1. The SMILES string of the molecule is c1ccc2c(c1)sc1ccnc(-c3nccc4ccncc34)c12. The van der Waals surface area contributed by atoms with Crippen LogP contribution in [0.5, 0.6) is 0 Å². The molecular formula is C19H11N3S. The Kier molecular flexibility index (Phi) is 2.66. The van der Waals surface area contributed by atoms with Crippen molar-refractivity contribution in [1.82, 2.24) is 15.0 Å². The first-order chi connectivity index (χ1) is 11.4. The second-order valence-electron chi connectivity index (χ2n) is 5.39. The molecule has 0 atom stereocenters. The van der Waals surface area contributed by atoms with Gasteiger partial charge in [-0.05, 0) is 29.7 Å². The van der Waals surface area contributed by atoms with Crippen LogP contribution in [0.25, 0.3) is 42.3 Å². The van der Waals surface area contributed by atoms with Crippen LogP contribution in [0.4, 0.5) is 0 Å². The fourth-order valence-corrected chi connectivity index (χ4v) is 4.15. The van der Waals surface area contributed by atoms with E-state index in [-0.39, 0.29) is 0 Å². The third kappa shape index (κ3) is 1.85. The van der Waals surface area contributed by atoms with E-state index >= 15 is 0 Å². The van der Waals surface area contributed by atoms with Gasteiger partial charge in [-0.15, -0.1) is 11.3 Å². The number of fused-ring (bicyclic) bond motifs is 4. The third-order valence-electron chi connectivity index (χ3n) is 4.08. The van der Waals surface area contributed by atoms with Gasteiger partial charge in [-0.25, -0.2) is 0 Å². The molecule has 0 radical (unpaired) electrons. The van der Waals surface area contributed by atoms with Crippen molar-refractivity contribution in [2.75, 3.05) is 0 Å². The Bertz CT molecular complexity index is 1170. The lowest BCUT2D eigenvalue weighted by molar-refractivity contribution is 1.27. The molecule has 0 N–H and O–H groups in total. The van der Waals surface area contributed by atoms with Crippen LogP contribution in [0.2, 0.25) is 0 Å². The zero-order chi connectivity index (χ0) is 15.2. The largest absolute Gasteiger partial charge is 0.264 e. The highest BCUT2D eigenvalue weighted by molar-refractivity contribution is 7.25. The normalized spacial score (nSPS) is 11.5. The Labute approximate surface area is 136 Å². The lowest BCUT2D eigenvalue weighted by atomic mass is 10.1. The summed E-state index contributed by atoms with van der Waals surface area (Å²) in [5.74, 6) is 0. The fourth-order valence-electron chi connectivity index (χ4n) is 3.05. The van der Waals surface area contributed by atoms with Crippen molar-refractivity contribution in [2.24, 2.45) is 0 Å². The molecule has 0 saturated carbocycles. The van der Waals surface area contributed by atoms with Gasteiger partial charge in [-0.2, -0.15) is 0 Å². The molecule has 0 spiro atoms. The van der Waals surface area contributed by atoms with Crippen molar-refractivity contribution in [1.29, 1.82) is 0 Å². The monoisotopic (exact) mass is 313 g/mol. The number of hydrogen-bond acceptors (Lipinski definition) is 4. The summed E-state index contributed by atoms with van der Waals surface area (Å²) >= 11 is 1.79. The van der Waals surface area contributed by atoms with Gasteiger partial charge in [0.15, 0.2) is 0 Å². The highest BCUT2D eigenvalue weighted by Crippen LogP contribution is 2.39. The molecule has 5 rings (SSSR count). The topological polar surface area (TPSA) is 38.7 Å². The molecule has 23 heavy (non-hydrogen) atoms. The van der Waals surface area contributed by atoms with E-state index in [0.717, 1.165) is 22.2 Å². The van der Waals surface area contributed by atoms with Crippen molar-refractivity contribution >= 4 is 42.3 Å². The number of aromatic nitrogens is 3. The molecule has 0 aliphatic heterocycles. The maximum absolute atomic E-state index is 4.67. The quantitative estimate of drug-likeness (QED) is 0.434. The van der Waals surface area contributed by atoms with Crippen molar-refractivity contribution < 1.29 is 0 Å². The Hall–Kier alpha value is -2.85. The second-order valence-corrected chi connectivity index (χ2v) is 6.47. The van der Waals surface area contributed by atoms with E-state index in [1.807, 2.05) is 30.7 Å². The van der Waals surface area contributed by atoms with Crippen molar-refractivity contribution in [2.45, 2.75) is 0 Å². The van der Waals surface area contributed by atoms with E-state index in [9.17, 15) is 0 Å². The summed E-state index contributed by atoms with van der Waals surface area (Å²) in [4.78, 5) is 13.5. The van der Waals surface area contributed by atoms with E-state index < -0.39 is 0 Å². The van der Waals surface area contributed by atoms with Gasteiger partial charge < -0.3 is 0 Å². The summed E-state index contributed by atoms with van der Waals surface area (Å²) in [7, 11) is 0. The van der Waals surface area contributed by atoms with Gasteiger partial charge in [0.1, 0.15) is 0 Å². The van der Waals surface area contributed by atoms with Gasteiger partial charge in [0.25, 0.3) is 0 Å². The van der Waals surface area contributed by atoms with Gasteiger partial charge in [-0.1, -0.05) is 18.2 Å². The molecule has 0 unspecified atom stereocenters. The molecule has 0 amide bonds. The molecule has 5 aromatic rings. The van der Waals surface area contributed by atoms with Crippen LogP contribution < -0.4 is 0 Å². The minimum atomic E-state index is 0.893. The lowest BCUT2D eigenvalue weighted by Crippen LogP contribution is -1.90. The Morgan fingerprint density at radius 3 is 2.52 bits per heavy atom. The fraction of sp³-hybridized carbons (Fsp3) is 0. The Balaban J connectivity index is 1.96. The number of rotatable bonds is 1. The number of thiophene rings is 1. The summed E-state index contributed by atoms with van der Waals surface area (Å²) in [5.41, 5.74) is 1.82. The van der Waals surface area contributed by atoms with E-state index in [2.05, 4.69) is 45.3 Å². The third-order valence-corrected chi connectivity index (χ3v) is 5.22. The van der Waals surface area contributed by atoms with Crippen LogP contribution in [-0.2, 0) is 0 Å². The molecule has 4 aromatic heterocycles. The van der Waals surface area contributed by atoms with Crippen LogP contribution in [0.1, 0.15) is 0 Å². The lowest BCUT2D eigenvalue weighted by Gasteiger charge is -2.06. The summed E-state index contributed by atoms with van der Waals surface area (Å²) < 4.78 is 2.51. The van der Waals surface area contributed by atoms with Crippen LogP contribution >= 0.6 is 11.3 Å². The number of nitrogens with zero attached hydrogens (tertiary/aromatic N) is 3. The first-order valence-electron chi connectivity index (χ1n) is 7.37. The average molecular weight is 313 g/mol. The second kappa shape index (κ2) is 4.83. The van der Waals surface area contributed by atoms with E-state index in [1.165, 1.54) is 20.2 Å². The number of pyridine rings is 3. The summed E-state index contributed by atoms with van der Waals surface area (Å²) in [6.07, 6.45) is 7.38.